The number of rotatable bonds is 8. The SMILES string of the molecule is COc1ccc(CNc2nccc(C(=O)NCCc3ccc(F)cc3)n2)cc1. The number of nitrogens with zero attached hydrogens (tertiary/aromatic N) is 2. The molecule has 0 saturated carbocycles. The maximum Gasteiger partial charge on any atom is 0.270 e. The third-order valence-corrected chi connectivity index (χ3v) is 4.11. The van der Waals surface area contributed by atoms with Gasteiger partial charge in [-0.3, -0.25) is 4.79 Å². The summed E-state index contributed by atoms with van der Waals surface area (Å²) in [7, 11) is 1.62. The van der Waals surface area contributed by atoms with Crippen LogP contribution in [-0.2, 0) is 13.0 Å². The molecule has 28 heavy (non-hydrogen) atoms. The van der Waals surface area contributed by atoms with Crippen molar-refractivity contribution in [2.75, 3.05) is 19.0 Å². The van der Waals surface area contributed by atoms with Gasteiger partial charge in [0.15, 0.2) is 0 Å². The van der Waals surface area contributed by atoms with Gasteiger partial charge < -0.3 is 15.4 Å². The van der Waals surface area contributed by atoms with Gasteiger partial charge in [0.25, 0.3) is 5.91 Å². The fourth-order valence-electron chi connectivity index (χ4n) is 2.56. The third kappa shape index (κ3) is 5.51. The highest BCUT2D eigenvalue weighted by molar-refractivity contribution is 5.92. The summed E-state index contributed by atoms with van der Waals surface area (Å²) in [6, 6.07) is 15.4. The van der Waals surface area contributed by atoms with E-state index in [9.17, 15) is 9.18 Å². The zero-order valence-corrected chi connectivity index (χ0v) is 15.5. The normalized spacial score (nSPS) is 10.4. The van der Waals surface area contributed by atoms with E-state index in [2.05, 4.69) is 20.6 Å². The molecule has 2 N–H and O–H groups in total. The molecule has 1 heterocycles. The van der Waals surface area contributed by atoms with Crippen LogP contribution in [0.1, 0.15) is 21.6 Å². The highest BCUT2D eigenvalue weighted by Gasteiger charge is 2.08. The molecule has 0 aliphatic carbocycles. The number of carbonyl (C=O) groups is 1. The van der Waals surface area contributed by atoms with Gasteiger partial charge >= 0.3 is 0 Å². The van der Waals surface area contributed by atoms with Crippen LogP contribution in [0, 0.1) is 5.82 Å². The largest absolute Gasteiger partial charge is 0.497 e. The van der Waals surface area contributed by atoms with Crippen LogP contribution in [0.2, 0.25) is 0 Å². The fourth-order valence-corrected chi connectivity index (χ4v) is 2.56. The first-order valence-electron chi connectivity index (χ1n) is 8.86. The topological polar surface area (TPSA) is 76.1 Å². The molecule has 0 aliphatic rings. The molecule has 2 aromatic carbocycles. The number of hydrogen-bond donors (Lipinski definition) is 2. The molecular weight excluding hydrogens is 359 g/mol. The molecule has 3 aromatic rings. The number of benzene rings is 2. The van der Waals surface area contributed by atoms with Gasteiger partial charge in [0.1, 0.15) is 17.3 Å². The number of hydrogen-bond acceptors (Lipinski definition) is 5. The Kier molecular flexibility index (Phi) is 6.51. The van der Waals surface area contributed by atoms with E-state index >= 15 is 0 Å². The molecule has 7 heteroatoms. The summed E-state index contributed by atoms with van der Waals surface area (Å²) in [5.74, 6) is 0.613. The van der Waals surface area contributed by atoms with Gasteiger partial charge in [0, 0.05) is 19.3 Å². The van der Waals surface area contributed by atoms with E-state index in [0.717, 1.165) is 16.9 Å². The van der Waals surface area contributed by atoms with Crippen LogP contribution in [0.25, 0.3) is 0 Å². The Morgan fingerprint density at radius 2 is 1.75 bits per heavy atom. The summed E-state index contributed by atoms with van der Waals surface area (Å²) >= 11 is 0. The summed E-state index contributed by atoms with van der Waals surface area (Å²) in [6.07, 6.45) is 2.15. The van der Waals surface area contributed by atoms with Gasteiger partial charge in [0.2, 0.25) is 5.95 Å². The van der Waals surface area contributed by atoms with Crippen molar-refractivity contribution in [3.05, 3.63) is 83.4 Å². The van der Waals surface area contributed by atoms with Crippen LogP contribution in [0.4, 0.5) is 10.3 Å². The van der Waals surface area contributed by atoms with Crippen molar-refractivity contribution in [3.8, 4) is 5.75 Å². The quantitative estimate of drug-likeness (QED) is 0.628. The van der Waals surface area contributed by atoms with Gasteiger partial charge in [-0.1, -0.05) is 24.3 Å². The first-order chi connectivity index (χ1) is 13.6. The Morgan fingerprint density at radius 1 is 1.04 bits per heavy atom. The zero-order valence-electron chi connectivity index (χ0n) is 15.5. The monoisotopic (exact) mass is 380 g/mol. The average molecular weight is 380 g/mol. The van der Waals surface area contributed by atoms with Gasteiger partial charge in [-0.2, -0.15) is 0 Å². The minimum absolute atomic E-state index is 0.275. The predicted octanol–water partition coefficient (Wildman–Crippen LogP) is 3.21. The van der Waals surface area contributed by atoms with E-state index in [1.54, 1.807) is 25.3 Å². The smallest absolute Gasteiger partial charge is 0.270 e. The van der Waals surface area contributed by atoms with Crippen molar-refractivity contribution in [2.24, 2.45) is 0 Å². The summed E-state index contributed by atoms with van der Waals surface area (Å²) in [5.41, 5.74) is 2.27. The molecule has 0 fully saturated rings. The lowest BCUT2D eigenvalue weighted by molar-refractivity contribution is 0.0949. The zero-order chi connectivity index (χ0) is 19.8. The number of ether oxygens (including phenoxy) is 1. The molecular formula is C21H21FN4O2. The molecule has 0 bridgehead atoms. The lowest BCUT2D eigenvalue weighted by atomic mass is 10.1. The maximum atomic E-state index is 12.9. The van der Waals surface area contributed by atoms with Crippen LogP contribution >= 0.6 is 0 Å². The summed E-state index contributed by atoms with van der Waals surface area (Å²) in [5, 5.41) is 5.91. The van der Waals surface area contributed by atoms with Crippen molar-refractivity contribution in [2.45, 2.75) is 13.0 Å². The maximum absolute atomic E-state index is 12.9. The summed E-state index contributed by atoms with van der Waals surface area (Å²) < 4.78 is 18.0. The number of nitrogens with one attached hydrogen (secondary N) is 2. The van der Waals surface area contributed by atoms with Gasteiger partial charge in [-0.05, 0) is 47.9 Å². The van der Waals surface area contributed by atoms with Crippen LogP contribution in [0.3, 0.4) is 0 Å². The molecule has 6 nitrogen and oxygen atoms in total. The highest BCUT2D eigenvalue weighted by Crippen LogP contribution is 2.12. The Hall–Kier alpha value is -3.48. The van der Waals surface area contributed by atoms with Crippen molar-refractivity contribution < 1.29 is 13.9 Å². The Labute approximate surface area is 162 Å². The third-order valence-electron chi connectivity index (χ3n) is 4.11. The second-order valence-corrected chi connectivity index (χ2v) is 6.10. The van der Waals surface area contributed by atoms with Crippen LogP contribution < -0.4 is 15.4 Å². The molecule has 144 valence electrons. The molecule has 0 spiro atoms. The lowest BCUT2D eigenvalue weighted by Gasteiger charge is -2.08. The van der Waals surface area contributed by atoms with E-state index in [1.165, 1.54) is 18.3 Å². The van der Waals surface area contributed by atoms with Gasteiger partial charge in [-0.15, -0.1) is 0 Å². The standard InChI is InChI=1S/C21H21FN4O2/c1-28-18-8-4-16(5-9-18)14-25-21-24-13-11-19(26-21)20(27)23-12-10-15-2-6-17(22)7-3-15/h2-9,11,13H,10,12,14H2,1H3,(H,23,27)(H,24,25,26). The minimum Gasteiger partial charge on any atom is -0.497 e. The molecule has 0 unspecified atom stereocenters. The molecule has 1 aromatic heterocycles. The van der Waals surface area contributed by atoms with Crippen LogP contribution in [0.5, 0.6) is 5.75 Å². The predicted molar refractivity (Wildman–Crippen MR) is 105 cm³/mol. The van der Waals surface area contributed by atoms with Gasteiger partial charge in [0.05, 0.1) is 7.11 Å². The molecule has 0 atom stereocenters. The minimum atomic E-state index is -0.281. The first kappa shape index (κ1) is 19.3. The average Bonchev–Trinajstić information content (AvgIpc) is 2.74. The fraction of sp³-hybridized carbons (Fsp3) is 0.190. The van der Waals surface area contributed by atoms with Crippen molar-refractivity contribution in [1.82, 2.24) is 15.3 Å². The van der Waals surface area contributed by atoms with E-state index in [4.69, 9.17) is 4.74 Å². The molecule has 0 radical (unpaired) electrons. The number of halogens is 1. The number of anilines is 1. The lowest BCUT2D eigenvalue weighted by Crippen LogP contribution is -2.26. The number of methoxy groups -OCH3 is 1. The Morgan fingerprint density at radius 3 is 2.46 bits per heavy atom. The second-order valence-electron chi connectivity index (χ2n) is 6.10. The Balaban J connectivity index is 1.51. The van der Waals surface area contributed by atoms with Crippen molar-refractivity contribution in [3.63, 3.8) is 0 Å². The second kappa shape index (κ2) is 9.45. The molecule has 0 aliphatic heterocycles. The summed E-state index contributed by atoms with van der Waals surface area (Å²) in [4.78, 5) is 20.7. The van der Waals surface area contributed by atoms with Crippen LogP contribution in [0.15, 0.2) is 60.8 Å². The van der Waals surface area contributed by atoms with E-state index in [1.807, 2.05) is 24.3 Å². The number of amides is 1. The first-order valence-corrected chi connectivity index (χ1v) is 8.86. The van der Waals surface area contributed by atoms with E-state index in [0.29, 0.717) is 25.5 Å². The van der Waals surface area contributed by atoms with E-state index in [-0.39, 0.29) is 17.4 Å². The molecule has 0 saturated heterocycles. The van der Waals surface area contributed by atoms with Gasteiger partial charge in [-0.25, -0.2) is 14.4 Å². The number of carbonyl (C=O) groups excluding carboxylic acids is 1. The Bertz CT molecular complexity index is 914. The summed E-state index contributed by atoms with van der Waals surface area (Å²) in [6.45, 7) is 0.961. The van der Waals surface area contributed by atoms with E-state index < -0.39 is 0 Å². The van der Waals surface area contributed by atoms with Crippen molar-refractivity contribution in [1.29, 1.82) is 0 Å². The van der Waals surface area contributed by atoms with Crippen molar-refractivity contribution >= 4 is 11.9 Å². The number of aromatic nitrogens is 2. The van der Waals surface area contributed by atoms with Crippen LogP contribution in [-0.4, -0.2) is 29.5 Å². The highest BCUT2D eigenvalue weighted by atomic mass is 19.1. The molecule has 1 amide bonds. The molecule has 3 rings (SSSR count).